The monoisotopic (exact) mass is 226 g/mol. The fraction of sp³-hybridized carbons (Fsp3) is 1.00. The van der Waals surface area contributed by atoms with E-state index in [2.05, 4.69) is 38.0 Å². The van der Waals surface area contributed by atoms with E-state index >= 15 is 0 Å². The molecule has 0 saturated heterocycles. The highest BCUT2D eigenvalue weighted by Gasteiger charge is 2.17. The highest BCUT2D eigenvalue weighted by molar-refractivity contribution is 4.76. The molecule has 1 N–H and O–H groups in total. The van der Waals surface area contributed by atoms with Crippen LogP contribution in [0, 0.1) is 5.92 Å². The van der Waals surface area contributed by atoms with Gasteiger partial charge in [-0.1, -0.05) is 19.8 Å². The highest BCUT2D eigenvalue weighted by Crippen LogP contribution is 2.24. The van der Waals surface area contributed by atoms with Gasteiger partial charge in [-0.25, -0.2) is 0 Å². The average Bonchev–Trinajstić information content (AvgIpc) is 2.70. The number of nitrogens with zero attached hydrogens (tertiary/aromatic N) is 1. The highest BCUT2D eigenvalue weighted by atomic mass is 15.1. The van der Waals surface area contributed by atoms with Gasteiger partial charge in [0.05, 0.1) is 0 Å². The van der Waals surface area contributed by atoms with Crippen molar-refractivity contribution in [2.75, 3.05) is 26.7 Å². The lowest BCUT2D eigenvalue weighted by Crippen LogP contribution is -2.43. The van der Waals surface area contributed by atoms with E-state index in [9.17, 15) is 0 Å². The second-order valence-corrected chi connectivity index (χ2v) is 6.08. The third-order valence-electron chi connectivity index (χ3n) is 4.03. The molecule has 1 aliphatic carbocycles. The van der Waals surface area contributed by atoms with Gasteiger partial charge in [0.2, 0.25) is 0 Å². The van der Waals surface area contributed by atoms with Gasteiger partial charge in [-0.2, -0.15) is 0 Å². The molecule has 0 amide bonds. The van der Waals surface area contributed by atoms with Crippen molar-refractivity contribution in [1.29, 1.82) is 0 Å². The molecule has 0 aromatic carbocycles. The Morgan fingerprint density at radius 3 is 2.44 bits per heavy atom. The van der Waals surface area contributed by atoms with Crippen LogP contribution in [-0.4, -0.2) is 37.1 Å². The van der Waals surface area contributed by atoms with E-state index < -0.39 is 0 Å². The molecule has 1 fully saturated rings. The lowest BCUT2D eigenvalue weighted by molar-refractivity contribution is 0.261. The third-order valence-corrected chi connectivity index (χ3v) is 4.03. The maximum Gasteiger partial charge on any atom is 0.0123 e. The minimum atomic E-state index is 0.300. The lowest BCUT2D eigenvalue weighted by atomic mass is 10.0. The molecule has 96 valence electrons. The molecule has 0 heterocycles. The number of nitrogens with one attached hydrogen (secondary N) is 1. The van der Waals surface area contributed by atoms with Gasteiger partial charge in [0.25, 0.3) is 0 Å². The topological polar surface area (TPSA) is 15.3 Å². The van der Waals surface area contributed by atoms with Crippen LogP contribution in [0.2, 0.25) is 0 Å². The van der Waals surface area contributed by atoms with Crippen LogP contribution in [0.1, 0.15) is 52.9 Å². The van der Waals surface area contributed by atoms with Crippen LogP contribution < -0.4 is 5.32 Å². The van der Waals surface area contributed by atoms with Crippen LogP contribution in [-0.2, 0) is 0 Å². The lowest BCUT2D eigenvalue weighted by Gasteiger charge is -2.27. The van der Waals surface area contributed by atoms with Crippen molar-refractivity contribution in [3.63, 3.8) is 0 Å². The van der Waals surface area contributed by atoms with Crippen LogP contribution in [0.15, 0.2) is 0 Å². The summed E-state index contributed by atoms with van der Waals surface area (Å²) in [5.74, 6) is 0.976. The number of rotatable bonds is 7. The molecule has 1 aliphatic rings. The van der Waals surface area contributed by atoms with Crippen molar-refractivity contribution in [2.24, 2.45) is 5.92 Å². The molecule has 0 aliphatic heterocycles. The molecule has 0 bridgehead atoms. The second-order valence-electron chi connectivity index (χ2n) is 6.08. The van der Waals surface area contributed by atoms with E-state index in [0.29, 0.717) is 5.54 Å². The quantitative estimate of drug-likeness (QED) is 0.718. The van der Waals surface area contributed by atoms with Gasteiger partial charge in [-0.05, 0) is 46.1 Å². The second kappa shape index (κ2) is 6.61. The molecule has 0 unspecified atom stereocenters. The Balaban J connectivity index is 2.07. The van der Waals surface area contributed by atoms with Crippen LogP contribution in [0.3, 0.4) is 0 Å². The zero-order chi connectivity index (χ0) is 12.0. The van der Waals surface area contributed by atoms with E-state index in [1.165, 1.54) is 45.2 Å². The summed E-state index contributed by atoms with van der Waals surface area (Å²) in [5.41, 5.74) is 0.300. The SMILES string of the molecule is CCC(C)(C)NCCN(C)CC1CCCC1. The molecule has 16 heavy (non-hydrogen) atoms. The first-order valence-electron chi connectivity index (χ1n) is 6.97. The summed E-state index contributed by atoms with van der Waals surface area (Å²) in [6, 6.07) is 0. The summed E-state index contributed by atoms with van der Waals surface area (Å²) < 4.78 is 0. The van der Waals surface area contributed by atoms with Gasteiger partial charge in [0.1, 0.15) is 0 Å². The first-order valence-corrected chi connectivity index (χ1v) is 6.97. The van der Waals surface area contributed by atoms with Crippen molar-refractivity contribution < 1.29 is 0 Å². The zero-order valence-corrected chi connectivity index (χ0v) is 11.7. The first-order chi connectivity index (χ1) is 7.53. The summed E-state index contributed by atoms with van der Waals surface area (Å²) in [4.78, 5) is 2.49. The first kappa shape index (κ1) is 14.0. The minimum absolute atomic E-state index is 0.300. The van der Waals surface area contributed by atoms with Crippen LogP contribution >= 0.6 is 0 Å². The molecule has 2 nitrogen and oxygen atoms in total. The van der Waals surface area contributed by atoms with E-state index in [1.54, 1.807) is 0 Å². The summed E-state index contributed by atoms with van der Waals surface area (Å²) in [6.07, 6.45) is 7.02. The zero-order valence-electron chi connectivity index (χ0n) is 11.7. The molecule has 0 spiro atoms. The Bertz CT molecular complexity index is 183. The molecule has 2 heteroatoms. The van der Waals surface area contributed by atoms with Crippen molar-refractivity contribution in [1.82, 2.24) is 10.2 Å². The van der Waals surface area contributed by atoms with Gasteiger partial charge in [0, 0.05) is 25.2 Å². The standard InChI is InChI=1S/C14H30N2/c1-5-14(2,3)15-10-11-16(4)12-13-8-6-7-9-13/h13,15H,5-12H2,1-4H3. The summed E-state index contributed by atoms with van der Waals surface area (Å²) in [7, 11) is 2.26. The van der Waals surface area contributed by atoms with Crippen LogP contribution in [0.25, 0.3) is 0 Å². The largest absolute Gasteiger partial charge is 0.311 e. The van der Waals surface area contributed by atoms with E-state index in [0.717, 1.165) is 12.5 Å². The number of hydrogen-bond donors (Lipinski definition) is 1. The van der Waals surface area contributed by atoms with Crippen molar-refractivity contribution in [2.45, 2.75) is 58.4 Å². The summed E-state index contributed by atoms with van der Waals surface area (Å²) in [5, 5.41) is 3.62. The van der Waals surface area contributed by atoms with Gasteiger partial charge >= 0.3 is 0 Å². The van der Waals surface area contributed by atoms with Gasteiger partial charge in [0.15, 0.2) is 0 Å². The third kappa shape index (κ3) is 5.31. The molecular formula is C14H30N2. The van der Waals surface area contributed by atoms with Gasteiger partial charge < -0.3 is 10.2 Å². The summed E-state index contributed by atoms with van der Waals surface area (Å²) >= 11 is 0. The van der Waals surface area contributed by atoms with Crippen molar-refractivity contribution in [3.05, 3.63) is 0 Å². The predicted molar refractivity (Wildman–Crippen MR) is 71.8 cm³/mol. The fourth-order valence-corrected chi connectivity index (χ4v) is 2.44. The Kier molecular flexibility index (Phi) is 5.77. The molecule has 1 rings (SSSR count). The Morgan fingerprint density at radius 2 is 1.88 bits per heavy atom. The normalized spacial score (nSPS) is 18.6. The van der Waals surface area contributed by atoms with E-state index in [-0.39, 0.29) is 0 Å². The molecule has 0 aromatic rings. The average molecular weight is 226 g/mol. The summed E-state index contributed by atoms with van der Waals surface area (Å²) in [6.45, 7) is 10.4. The van der Waals surface area contributed by atoms with Crippen LogP contribution in [0.5, 0.6) is 0 Å². The van der Waals surface area contributed by atoms with E-state index in [4.69, 9.17) is 0 Å². The smallest absolute Gasteiger partial charge is 0.0123 e. The number of likely N-dealkylation sites (N-methyl/N-ethyl adjacent to an activating group) is 1. The molecular weight excluding hydrogens is 196 g/mol. The number of hydrogen-bond acceptors (Lipinski definition) is 2. The van der Waals surface area contributed by atoms with Crippen molar-refractivity contribution >= 4 is 0 Å². The Morgan fingerprint density at radius 1 is 1.25 bits per heavy atom. The molecule has 0 aromatic heterocycles. The van der Waals surface area contributed by atoms with Crippen LogP contribution in [0.4, 0.5) is 0 Å². The minimum Gasteiger partial charge on any atom is -0.311 e. The Hall–Kier alpha value is -0.0800. The van der Waals surface area contributed by atoms with E-state index in [1.807, 2.05) is 0 Å². The molecule has 0 atom stereocenters. The van der Waals surface area contributed by atoms with Crippen molar-refractivity contribution in [3.8, 4) is 0 Å². The molecule has 1 saturated carbocycles. The van der Waals surface area contributed by atoms with Gasteiger partial charge in [-0.15, -0.1) is 0 Å². The maximum atomic E-state index is 3.62. The molecule has 0 radical (unpaired) electrons. The maximum absolute atomic E-state index is 3.62. The van der Waals surface area contributed by atoms with Gasteiger partial charge in [-0.3, -0.25) is 0 Å². The fourth-order valence-electron chi connectivity index (χ4n) is 2.44. The Labute approximate surface area is 102 Å². The predicted octanol–water partition coefficient (Wildman–Crippen LogP) is 2.89.